The van der Waals surface area contributed by atoms with Gasteiger partial charge in [-0.1, -0.05) is 18.2 Å². The highest BCUT2D eigenvalue weighted by Gasteiger charge is 2.38. The van der Waals surface area contributed by atoms with E-state index in [-0.39, 0.29) is 5.75 Å². The lowest BCUT2D eigenvalue weighted by Crippen LogP contribution is -2.21. The molecule has 0 aliphatic carbocycles. The van der Waals surface area contributed by atoms with E-state index in [0.29, 0.717) is 22.8 Å². The Morgan fingerprint density at radius 1 is 0.878 bits per heavy atom. The number of halogens is 7. The quantitative estimate of drug-likeness (QED) is 0.174. The Kier molecular flexibility index (Phi) is 8.79. The number of fused-ring (bicyclic) bond motifs is 2. The molecule has 0 spiro atoms. The van der Waals surface area contributed by atoms with Gasteiger partial charge in [-0.15, -0.1) is 0 Å². The molecule has 5 aromatic rings. The molecule has 0 aliphatic rings. The third-order valence-corrected chi connectivity index (χ3v) is 4.83. The summed E-state index contributed by atoms with van der Waals surface area (Å²) < 4.78 is 87.9. The molecule has 0 amide bonds. The molecule has 41 heavy (non-hydrogen) atoms. The normalized spacial score (nSPS) is 11.3. The maximum atomic E-state index is 13.5. The van der Waals surface area contributed by atoms with Gasteiger partial charge in [0.2, 0.25) is 0 Å². The highest BCUT2D eigenvalue weighted by Crippen LogP contribution is 2.30. The van der Waals surface area contributed by atoms with Crippen molar-refractivity contribution in [1.82, 2.24) is 19.9 Å². The summed E-state index contributed by atoms with van der Waals surface area (Å²) in [6.07, 6.45) is -8.71. The zero-order valence-corrected chi connectivity index (χ0v) is 20.2. The summed E-state index contributed by atoms with van der Waals surface area (Å²) in [6, 6.07) is 14.9. The van der Waals surface area contributed by atoms with E-state index in [1.54, 1.807) is 6.07 Å². The molecule has 0 fully saturated rings. The molecule has 3 heterocycles. The smallest absolute Gasteiger partial charge is 0.490 e. The van der Waals surface area contributed by atoms with Crippen molar-refractivity contribution in [3.8, 4) is 28.6 Å². The number of methoxy groups -OCH3 is 1. The molecular weight excluding hydrogens is 573 g/mol. The molecule has 0 aliphatic heterocycles. The third-order valence-electron chi connectivity index (χ3n) is 4.83. The van der Waals surface area contributed by atoms with Crippen LogP contribution in [0.2, 0.25) is 0 Å². The Labute approximate surface area is 223 Å². The van der Waals surface area contributed by atoms with Gasteiger partial charge in [0.05, 0.1) is 18.1 Å². The minimum Gasteiger partial charge on any atom is -0.492 e. The molecule has 0 saturated carbocycles. The Bertz CT molecular complexity index is 1640. The number of pyridine rings is 1. The van der Waals surface area contributed by atoms with Gasteiger partial charge in [-0.25, -0.2) is 24.5 Å². The van der Waals surface area contributed by atoms with E-state index in [0.717, 1.165) is 22.2 Å². The number of rotatable bonds is 3. The summed E-state index contributed by atoms with van der Waals surface area (Å²) in [4.78, 5) is 33.7. The number of aromatic nitrogens is 4. The maximum Gasteiger partial charge on any atom is 0.490 e. The summed E-state index contributed by atoms with van der Waals surface area (Å²) in [7, 11) is 1.41. The predicted octanol–water partition coefficient (Wildman–Crippen LogP) is 5.85. The van der Waals surface area contributed by atoms with Crippen molar-refractivity contribution in [3.05, 3.63) is 60.7 Å². The van der Waals surface area contributed by atoms with Crippen molar-refractivity contribution in [1.29, 1.82) is 0 Å². The zero-order chi connectivity index (χ0) is 30.5. The largest absolute Gasteiger partial charge is 0.492 e. The van der Waals surface area contributed by atoms with Gasteiger partial charge in [0.15, 0.2) is 17.2 Å². The van der Waals surface area contributed by atoms with Crippen molar-refractivity contribution < 1.29 is 59.7 Å². The maximum absolute atomic E-state index is 13.5. The number of aromatic amines is 1. The molecule has 0 saturated heterocycles. The number of oxazole rings is 1. The molecule has 10 nitrogen and oxygen atoms in total. The number of para-hydroxylation sites is 2. The summed E-state index contributed by atoms with van der Waals surface area (Å²) in [5.41, 5.74) is 4.61. The number of H-pyrrole nitrogens is 1. The van der Waals surface area contributed by atoms with Gasteiger partial charge in [0.25, 0.3) is 11.8 Å². The lowest BCUT2D eigenvalue weighted by molar-refractivity contribution is -0.193. The van der Waals surface area contributed by atoms with Gasteiger partial charge in [0.1, 0.15) is 5.52 Å². The van der Waals surface area contributed by atoms with Crippen molar-refractivity contribution in [2.75, 3.05) is 7.11 Å². The Morgan fingerprint density at radius 2 is 1.49 bits per heavy atom. The fraction of sp³-hybridized carbons (Fsp3) is 0.125. The molecule has 2 aromatic carbocycles. The number of carbonyl (C=O) groups is 2. The van der Waals surface area contributed by atoms with E-state index in [2.05, 4.69) is 19.9 Å². The molecular formula is C24H15F7N4O6. The zero-order valence-electron chi connectivity index (χ0n) is 20.2. The van der Waals surface area contributed by atoms with Gasteiger partial charge >= 0.3 is 24.3 Å². The van der Waals surface area contributed by atoms with Crippen LogP contribution in [0.25, 0.3) is 45.0 Å². The highest BCUT2D eigenvalue weighted by molar-refractivity contribution is 5.83. The second kappa shape index (κ2) is 11.9. The van der Waals surface area contributed by atoms with Crippen LogP contribution in [0.4, 0.5) is 30.7 Å². The second-order valence-corrected chi connectivity index (χ2v) is 7.63. The number of carboxylic acid groups (broad SMARTS) is 2. The molecule has 0 unspecified atom stereocenters. The minimum absolute atomic E-state index is 0.0909. The number of alkyl halides is 6. The van der Waals surface area contributed by atoms with Crippen LogP contribution >= 0.6 is 0 Å². The summed E-state index contributed by atoms with van der Waals surface area (Å²) in [5, 5.41) is 14.2. The van der Waals surface area contributed by atoms with Crippen molar-refractivity contribution in [3.63, 3.8) is 0 Å². The summed E-state index contributed by atoms with van der Waals surface area (Å²) >= 11 is 0. The predicted molar refractivity (Wildman–Crippen MR) is 126 cm³/mol. The van der Waals surface area contributed by atoms with Gasteiger partial charge in [0, 0.05) is 11.8 Å². The fourth-order valence-corrected chi connectivity index (χ4v) is 2.99. The van der Waals surface area contributed by atoms with E-state index >= 15 is 0 Å². The number of aliphatic carboxylic acids is 2. The number of benzene rings is 2. The number of hydrogen-bond acceptors (Lipinski definition) is 7. The number of nitrogens with one attached hydrogen (secondary N) is 1. The lowest BCUT2D eigenvalue weighted by atomic mass is 10.1. The topological polar surface area (TPSA) is 151 Å². The van der Waals surface area contributed by atoms with Crippen molar-refractivity contribution in [2.45, 2.75) is 12.4 Å². The van der Waals surface area contributed by atoms with E-state index in [9.17, 15) is 30.7 Å². The first-order valence-corrected chi connectivity index (χ1v) is 10.8. The van der Waals surface area contributed by atoms with Crippen LogP contribution in [0.15, 0.2) is 59.1 Å². The molecule has 216 valence electrons. The van der Waals surface area contributed by atoms with Crippen LogP contribution in [0.3, 0.4) is 0 Å². The van der Waals surface area contributed by atoms with E-state index in [4.69, 9.17) is 29.0 Å². The number of carboxylic acids is 2. The number of nitrogens with zero attached hydrogens (tertiary/aromatic N) is 3. The Hall–Kier alpha value is -5.22. The molecule has 5 rings (SSSR count). The van der Waals surface area contributed by atoms with Crippen molar-refractivity contribution >= 4 is 34.1 Å². The van der Waals surface area contributed by atoms with Crippen LogP contribution in [0.5, 0.6) is 5.75 Å². The molecule has 17 heteroatoms. The SMILES string of the molecule is COc1cc(-c2ccc3nc(-c4nc5ccccc5[nH]4)oc3c2)cnc1F.O=C(O)C(F)(F)F.O=C(O)C(F)(F)F. The van der Waals surface area contributed by atoms with Crippen LogP contribution in [-0.4, -0.2) is 61.5 Å². The third kappa shape index (κ3) is 7.68. The van der Waals surface area contributed by atoms with Gasteiger partial charge in [-0.2, -0.15) is 30.7 Å². The van der Waals surface area contributed by atoms with E-state index < -0.39 is 30.2 Å². The first kappa shape index (κ1) is 30.3. The molecule has 0 bridgehead atoms. The van der Waals surface area contributed by atoms with E-state index in [1.165, 1.54) is 13.3 Å². The standard InChI is InChI=1S/C20H13FN4O2.2C2HF3O2/c1-26-17-9-12(10-22-18(17)21)11-6-7-15-16(8-11)27-20(25-15)19-23-13-4-2-3-5-14(13)24-19;2*3-2(4,5)1(6)7/h2-10H,1H3,(H,23,24);2*(H,6,7). The molecule has 3 aromatic heterocycles. The second-order valence-electron chi connectivity index (χ2n) is 7.63. The Balaban J connectivity index is 0.000000276. The first-order chi connectivity index (χ1) is 19.1. The minimum atomic E-state index is -5.08. The van der Waals surface area contributed by atoms with Crippen LogP contribution in [0, 0.1) is 5.95 Å². The number of hydrogen-bond donors (Lipinski definition) is 3. The fourth-order valence-electron chi connectivity index (χ4n) is 2.99. The average molecular weight is 588 g/mol. The number of ether oxygens (including phenoxy) is 1. The summed E-state index contributed by atoms with van der Waals surface area (Å²) in [6.45, 7) is 0. The van der Waals surface area contributed by atoms with Crippen LogP contribution in [-0.2, 0) is 9.59 Å². The summed E-state index contributed by atoms with van der Waals surface area (Å²) in [5.74, 6) is -5.09. The molecule has 0 radical (unpaired) electrons. The Morgan fingerprint density at radius 3 is 2.05 bits per heavy atom. The van der Waals surface area contributed by atoms with Crippen LogP contribution in [0.1, 0.15) is 0 Å². The molecule has 0 atom stereocenters. The van der Waals surface area contributed by atoms with Crippen LogP contribution < -0.4 is 4.74 Å². The van der Waals surface area contributed by atoms with Gasteiger partial charge in [-0.3, -0.25) is 0 Å². The van der Waals surface area contributed by atoms with Gasteiger partial charge in [-0.05, 0) is 35.9 Å². The van der Waals surface area contributed by atoms with Crippen molar-refractivity contribution in [2.24, 2.45) is 0 Å². The molecule has 3 N–H and O–H groups in total. The highest BCUT2D eigenvalue weighted by atomic mass is 19.4. The monoisotopic (exact) mass is 588 g/mol. The van der Waals surface area contributed by atoms with E-state index in [1.807, 2.05) is 42.5 Å². The first-order valence-electron chi connectivity index (χ1n) is 10.8. The van der Waals surface area contributed by atoms with Gasteiger partial charge < -0.3 is 24.4 Å². The lowest BCUT2D eigenvalue weighted by Gasteiger charge is -2.04. The number of imidazole rings is 1. The average Bonchev–Trinajstić information content (AvgIpc) is 3.52.